The van der Waals surface area contributed by atoms with E-state index in [1.54, 1.807) is 16.8 Å². The van der Waals surface area contributed by atoms with E-state index in [4.69, 9.17) is 28.9 Å². The number of benzene rings is 1. The molecule has 0 bridgehead atoms. The third-order valence-electron chi connectivity index (χ3n) is 3.18. The molecule has 0 atom stereocenters. The highest BCUT2D eigenvalue weighted by molar-refractivity contribution is 9.10. The number of anilines is 1. The smallest absolute Gasteiger partial charge is 0.168 e. The van der Waals surface area contributed by atoms with Gasteiger partial charge in [-0.05, 0) is 41.9 Å². The molecule has 0 unspecified atom stereocenters. The molecule has 0 radical (unpaired) electrons. The third kappa shape index (κ3) is 3.25. The number of ketones is 1. The minimum Gasteiger partial charge on any atom is -0.396 e. The number of nitrogen functional groups attached to an aromatic ring is 1. The summed E-state index contributed by atoms with van der Waals surface area (Å²) in [4.78, 5) is 12.4. The monoisotopic (exact) mass is 389 g/mol. The summed E-state index contributed by atoms with van der Waals surface area (Å²) in [6, 6.07) is 3.08. The summed E-state index contributed by atoms with van der Waals surface area (Å²) in [5, 5.41) is 4.94. The second-order valence-corrected chi connectivity index (χ2v) is 6.22. The second-order valence-electron chi connectivity index (χ2n) is 4.62. The second kappa shape index (κ2) is 6.38. The highest BCUT2D eigenvalue weighted by Gasteiger charge is 2.18. The normalized spacial score (nSPS) is 10.9. The van der Waals surface area contributed by atoms with E-state index in [9.17, 15) is 4.79 Å². The van der Waals surface area contributed by atoms with E-state index in [0.29, 0.717) is 12.1 Å². The molecule has 21 heavy (non-hydrogen) atoms. The van der Waals surface area contributed by atoms with Crippen LogP contribution in [0.15, 0.2) is 16.6 Å². The van der Waals surface area contributed by atoms with E-state index < -0.39 is 0 Å². The number of rotatable bonds is 4. The Labute approximate surface area is 141 Å². The SMILES string of the molecule is CCn1nc(C)c(Br)c1CC(=O)c1cc(Cl)c(N)c(Cl)c1. The first-order valence-electron chi connectivity index (χ1n) is 6.34. The van der Waals surface area contributed by atoms with Crippen LogP contribution in [-0.4, -0.2) is 15.6 Å². The lowest BCUT2D eigenvalue weighted by Gasteiger charge is -2.08. The predicted octanol–water partition coefficient (Wildman–Crippen LogP) is 4.29. The van der Waals surface area contributed by atoms with Gasteiger partial charge in [-0.15, -0.1) is 0 Å². The summed E-state index contributed by atoms with van der Waals surface area (Å²) < 4.78 is 2.66. The van der Waals surface area contributed by atoms with Crippen LogP contribution in [-0.2, 0) is 13.0 Å². The van der Waals surface area contributed by atoms with Crippen LogP contribution >= 0.6 is 39.1 Å². The Balaban J connectivity index is 2.35. The first-order chi connectivity index (χ1) is 9.85. The first-order valence-corrected chi connectivity index (χ1v) is 7.89. The van der Waals surface area contributed by atoms with E-state index in [2.05, 4.69) is 21.0 Å². The molecular formula is C14H14BrCl2N3O. The zero-order valence-electron chi connectivity index (χ0n) is 11.6. The Kier molecular flexibility index (Phi) is 4.96. The maximum atomic E-state index is 12.4. The number of halogens is 3. The molecule has 2 aromatic rings. The van der Waals surface area contributed by atoms with E-state index >= 15 is 0 Å². The van der Waals surface area contributed by atoms with Gasteiger partial charge in [0.05, 0.1) is 38.0 Å². The molecule has 0 aliphatic carbocycles. The van der Waals surface area contributed by atoms with Crippen molar-refractivity contribution in [1.82, 2.24) is 9.78 Å². The van der Waals surface area contributed by atoms with Gasteiger partial charge in [0.1, 0.15) is 0 Å². The lowest BCUT2D eigenvalue weighted by atomic mass is 10.1. The minimum absolute atomic E-state index is 0.0888. The molecule has 0 spiro atoms. The third-order valence-corrected chi connectivity index (χ3v) is 4.84. The number of carbonyl (C=O) groups is 1. The van der Waals surface area contributed by atoms with Gasteiger partial charge in [0.15, 0.2) is 5.78 Å². The van der Waals surface area contributed by atoms with Crippen molar-refractivity contribution in [2.75, 3.05) is 5.73 Å². The molecule has 1 heterocycles. The maximum Gasteiger partial charge on any atom is 0.168 e. The highest BCUT2D eigenvalue weighted by atomic mass is 79.9. The molecule has 2 N–H and O–H groups in total. The van der Waals surface area contributed by atoms with Crippen LogP contribution in [0.5, 0.6) is 0 Å². The van der Waals surface area contributed by atoms with Crippen molar-refractivity contribution in [2.45, 2.75) is 26.8 Å². The van der Waals surface area contributed by atoms with Gasteiger partial charge in [-0.2, -0.15) is 5.10 Å². The summed E-state index contributed by atoms with van der Waals surface area (Å²) in [5.41, 5.74) is 8.09. The van der Waals surface area contributed by atoms with Gasteiger partial charge in [0.25, 0.3) is 0 Å². The Morgan fingerprint density at radius 2 is 1.95 bits per heavy atom. The molecular weight excluding hydrogens is 377 g/mol. The highest BCUT2D eigenvalue weighted by Crippen LogP contribution is 2.30. The fourth-order valence-electron chi connectivity index (χ4n) is 2.04. The van der Waals surface area contributed by atoms with Crippen molar-refractivity contribution in [3.05, 3.63) is 43.6 Å². The van der Waals surface area contributed by atoms with Crippen LogP contribution in [0.2, 0.25) is 10.0 Å². The predicted molar refractivity (Wildman–Crippen MR) is 89.2 cm³/mol. The average molecular weight is 391 g/mol. The maximum absolute atomic E-state index is 12.4. The van der Waals surface area contributed by atoms with Crippen LogP contribution in [0.4, 0.5) is 5.69 Å². The van der Waals surface area contributed by atoms with Crippen molar-refractivity contribution >= 4 is 50.6 Å². The standard InChI is InChI=1S/C14H14BrCl2N3O/c1-3-20-11(13(15)7(2)19-20)6-12(21)8-4-9(16)14(18)10(17)5-8/h4-5H,3,6,18H2,1-2H3. The summed E-state index contributed by atoms with van der Waals surface area (Å²) in [7, 11) is 0. The van der Waals surface area contributed by atoms with Crippen molar-refractivity contribution in [1.29, 1.82) is 0 Å². The molecule has 0 aliphatic heterocycles. The topological polar surface area (TPSA) is 60.9 Å². The van der Waals surface area contributed by atoms with Gasteiger partial charge >= 0.3 is 0 Å². The Morgan fingerprint density at radius 1 is 1.38 bits per heavy atom. The zero-order valence-corrected chi connectivity index (χ0v) is 14.7. The van der Waals surface area contributed by atoms with Gasteiger partial charge in [-0.1, -0.05) is 23.2 Å². The number of Topliss-reactive ketones (excluding diaryl/α,β-unsaturated/α-hetero) is 1. The van der Waals surface area contributed by atoms with Crippen LogP contribution in [0.1, 0.15) is 28.7 Å². The van der Waals surface area contributed by atoms with Crippen molar-refractivity contribution in [2.24, 2.45) is 0 Å². The van der Waals surface area contributed by atoms with Crippen molar-refractivity contribution in [3.63, 3.8) is 0 Å². The lowest BCUT2D eigenvalue weighted by Crippen LogP contribution is -2.10. The van der Waals surface area contributed by atoms with Crippen LogP contribution in [0.3, 0.4) is 0 Å². The van der Waals surface area contributed by atoms with E-state index in [1.807, 2.05) is 13.8 Å². The molecule has 0 fully saturated rings. The van der Waals surface area contributed by atoms with Crippen LogP contribution in [0.25, 0.3) is 0 Å². The summed E-state index contributed by atoms with van der Waals surface area (Å²) >= 11 is 15.4. The zero-order chi connectivity index (χ0) is 15.7. The molecule has 2 rings (SSSR count). The van der Waals surface area contributed by atoms with Gasteiger partial charge in [0.2, 0.25) is 0 Å². The summed E-state index contributed by atoms with van der Waals surface area (Å²) in [5.74, 6) is -0.0888. The van der Waals surface area contributed by atoms with Crippen LogP contribution < -0.4 is 5.73 Å². The molecule has 0 amide bonds. The van der Waals surface area contributed by atoms with Gasteiger partial charge in [0, 0.05) is 12.1 Å². The minimum atomic E-state index is -0.0888. The fraction of sp³-hybridized carbons (Fsp3) is 0.286. The molecule has 1 aromatic carbocycles. The van der Waals surface area contributed by atoms with E-state index in [-0.39, 0.29) is 27.9 Å². The molecule has 4 nitrogen and oxygen atoms in total. The molecule has 0 saturated heterocycles. The Hall–Kier alpha value is -1.04. The summed E-state index contributed by atoms with van der Waals surface area (Å²) in [6.45, 7) is 4.56. The average Bonchev–Trinajstić information content (AvgIpc) is 2.71. The van der Waals surface area contributed by atoms with Gasteiger partial charge in [-0.25, -0.2) is 0 Å². The largest absolute Gasteiger partial charge is 0.396 e. The van der Waals surface area contributed by atoms with Crippen molar-refractivity contribution in [3.8, 4) is 0 Å². The molecule has 112 valence electrons. The van der Waals surface area contributed by atoms with Gasteiger partial charge < -0.3 is 5.73 Å². The number of nitrogens with zero attached hydrogens (tertiary/aromatic N) is 2. The number of aromatic nitrogens is 2. The quantitative estimate of drug-likeness (QED) is 0.625. The van der Waals surface area contributed by atoms with E-state index in [1.165, 1.54) is 0 Å². The van der Waals surface area contributed by atoms with Crippen molar-refractivity contribution < 1.29 is 4.79 Å². The van der Waals surface area contributed by atoms with Crippen LogP contribution in [0, 0.1) is 6.92 Å². The Bertz CT molecular complexity index is 689. The number of carbonyl (C=O) groups excluding carboxylic acids is 1. The fourth-order valence-corrected chi connectivity index (χ4v) is 2.95. The molecule has 1 aromatic heterocycles. The number of hydrogen-bond donors (Lipinski definition) is 1. The van der Waals surface area contributed by atoms with E-state index in [0.717, 1.165) is 15.9 Å². The number of hydrogen-bond acceptors (Lipinski definition) is 3. The summed E-state index contributed by atoms with van der Waals surface area (Å²) in [6.07, 6.45) is 0.214. The number of nitrogens with two attached hydrogens (primary N) is 1. The Morgan fingerprint density at radius 3 is 2.48 bits per heavy atom. The molecule has 7 heteroatoms. The molecule has 0 aliphatic rings. The first kappa shape index (κ1) is 16.3. The number of aryl methyl sites for hydroxylation is 2. The lowest BCUT2D eigenvalue weighted by molar-refractivity contribution is 0.0990. The molecule has 0 saturated carbocycles. The van der Waals surface area contributed by atoms with Gasteiger partial charge in [-0.3, -0.25) is 9.48 Å².